The number of halogens is 2. The predicted octanol–water partition coefficient (Wildman–Crippen LogP) is 1.70. The standard InChI is InChI=1S/C10H15N3OS2.2ClH/c14-10(3-8-5-15-2-1-11-8)12-4-9-6-16-7-13-9;;/h6-8,11H,1-5H2,(H,12,14);2*1H. The Kier molecular flexibility index (Phi) is 9.85. The Labute approximate surface area is 128 Å². The zero-order chi connectivity index (χ0) is 11.2. The van der Waals surface area contributed by atoms with Gasteiger partial charge in [0, 0.05) is 35.9 Å². The Balaban J connectivity index is 0.00000144. The highest BCUT2D eigenvalue weighted by molar-refractivity contribution is 7.99. The van der Waals surface area contributed by atoms with Crippen LogP contribution in [-0.2, 0) is 11.3 Å². The molecular formula is C10H17Cl2N3OS2. The van der Waals surface area contributed by atoms with Crippen molar-refractivity contribution in [2.45, 2.75) is 19.0 Å². The molecule has 104 valence electrons. The van der Waals surface area contributed by atoms with Gasteiger partial charge in [-0.2, -0.15) is 11.8 Å². The van der Waals surface area contributed by atoms with E-state index in [2.05, 4.69) is 15.6 Å². The minimum atomic E-state index is 0. The molecule has 1 saturated heterocycles. The quantitative estimate of drug-likeness (QED) is 0.882. The summed E-state index contributed by atoms with van der Waals surface area (Å²) >= 11 is 3.46. The summed E-state index contributed by atoms with van der Waals surface area (Å²) in [6.45, 7) is 1.55. The van der Waals surface area contributed by atoms with Gasteiger partial charge in [-0.05, 0) is 0 Å². The molecular weight excluding hydrogens is 313 g/mol. The lowest BCUT2D eigenvalue weighted by Crippen LogP contribution is -2.41. The molecule has 0 aliphatic carbocycles. The molecule has 18 heavy (non-hydrogen) atoms. The van der Waals surface area contributed by atoms with E-state index in [1.54, 1.807) is 16.8 Å². The molecule has 1 unspecified atom stereocenters. The van der Waals surface area contributed by atoms with Crippen molar-refractivity contribution in [3.8, 4) is 0 Å². The van der Waals surface area contributed by atoms with E-state index < -0.39 is 0 Å². The monoisotopic (exact) mass is 329 g/mol. The summed E-state index contributed by atoms with van der Waals surface area (Å²) in [5.74, 6) is 2.29. The van der Waals surface area contributed by atoms with Crippen LogP contribution in [0.1, 0.15) is 12.1 Å². The summed E-state index contributed by atoms with van der Waals surface area (Å²) < 4.78 is 0. The highest BCUT2D eigenvalue weighted by Gasteiger charge is 2.16. The third-order valence-electron chi connectivity index (χ3n) is 2.38. The molecule has 0 aromatic carbocycles. The molecule has 1 fully saturated rings. The fourth-order valence-electron chi connectivity index (χ4n) is 1.56. The number of thiazole rings is 1. The zero-order valence-electron chi connectivity index (χ0n) is 9.76. The Morgan fingerprint density at radius 2 is 2.39 bits per heavy atom. The van der Waals surface area contributed by atoms with Crippen molar-refractivity contribution in [3.63, 3.8) is 0 Å². The van der Waals surface area contributed by atoms with Crippen molar-refractivity contribution in [1.29, 1.82) is 0 Å². The van der Waals surface area contributed by atoms with Crippen LogP contribution in [0, 0.1) is 0 Å². The summed E-state index contributed by atoms with van der Waals surface area (Å²) in [7, 11) is 0. The van der Waals surface area contributed by atoms with Gasteiger partial charge in [0.2, 0.25) is 5.91 Å². The first-order valence-electron chi connectivity index (χ1n) is 5.29. The first kappa shape index (κ1) is 18.0. The molecule has 0 radical (unpaired) electrons. The first-order valence-corrected chi connectivity index (χ1v) is 7.39. The van der Waals surface area contributed by atoms with E-state index >= 15 is 0 Å². The fourth-order valence-corrected chi connectivity index (χ4v) is 3.07. The van der Waals surface area contributed by atoms with Gasteiger partial charge in [0.15, 0.2) is 0 Å². The van der Waals surface area contributed by atoms with Crippen LogP contribution in [-0.4, -0.2) is 35.0 Å². The first-order chi connectivity index (χ1) is 7.84. The van der Waals surface area contributed by atoms with Crippen molar-refractivity contribution >= 4 is 53.8 Å². The number of thioether (sulfide) groups is 1. The lowest BCUT2D eigenvalue weighted by Gasteiger charge is -2.22. The molecule has 2 N–H and O–H groups in total. The number of hydrogen-bond acceptors (Lipinski definition) is 5. The number of hydrogen-bond donors (Lipinski definition) is 2. The highest BCUT2D eigenvalue weighted by atomic mass is 35.5. The minimum absolute atomic E-state index is 0. The number of nitrogens with one attached hydrogen (secondary N) is 2. The molecule has 0 saturated carbocycles. The summed E-state index contributed by atoms with van der Waals surface area (Å²) in [5, 5.41) is 8.19. The van der Waals surface area contributed by atoms with E-state index in [0.717, 1.165) is 23.7 Å². The molecule has 1 amide bonds. The zero-order valence-corrected chi connectivity index (χ0v) is 13.0. The maximum absolute atomic E-state index is 11.6. The van der Waals surface area contributed by atoms with Crippen molar-refractivity contribution in [1.82, 2.24) is 15.6 Å². The number of rotatable bonds is 4. The van der Waals surface area contributed by atoms with Gasteiger partial charge in [-0.15, -0.1) is 36.2 Å². The van der Waals surface area contributed by atoms with Crippen LogP contribution >= 0.6 is 47.9 Å². The second kappa shape index (κ2) is 9.86. The third kappa shape index (κ3) is 6.24. The van der Waals surface area contributed by atoms with Gasteiger partial charge in [0.05, 0.1) is 17.7 Å². The van der Waals surface area contributed by atoms with Gasteiger partial charge in [-0.1, -0.05) is 0 Å². The number of amides is 1. The molecule has 1 atom stereocenters. The van der Waals surface area contributed by atoms with Gasteiger partial charge in [-0.3, -0.25) is 4.79 Å². The molecule has 4 nitrogen and oxygen atoms in total. The smallest absolute Gasteiger partial charge is 0.221 e. The van der Waals surface area contributed by atoms with Crippen molar-refractivity contribution in [3.05, 3.63) is 16.6 Å². The SMILES string of the molecule is Cl.Cl.O=C(CC1CSCCN1)NCc1cscn1. The van der Waals surface area contributed by atoms with Crippen molar-refractivity contribution in [2.75, 3.05) is 18.1 Å². The van der Waals surface area contributed by atoms with E-state index in [0.29, 0.717) is 19.0 Å². The van der Waals surface area contributed by atoms with E-state index in [9.17, 15) is 4.79 Å². The summed E-state index contributed by atoms with van der Waals surface area (Å²) in [4.78, 5) is 15.7. The van der Waals surface area contributed by atoms with E-state index in [4.69, 9.17) is 0 Å². The third-order valence-corrected chi connectivity index (χ3v) is 4.15. The second-order valence-corrected chi connectivity index (χ2v) is 5.56. The molecule has 0 bridgehead atoms. The van der Waals surface area contributed by atoms with Crippen LogP contribution in [0.5, 0.6) is 0 Å². The molecule has 1 aliphatic heterocycles. The maximum Gasteiger partial charge on any atom is 0.221 e. The minimum Gasteiger partial charge on any atom is -0.350 e. The Morgan fingerprint density at radius 1 is 1.56 bits per heavy atom. The molecule has 2 heterocycles. The van der Waals surface area contributed by atoms with Gasteiger partial charge >= 0.3 is 0 Å². The Morgan fingerprint density at radius 3 is 3.00 bits per heavy atom. The van der Waals surface area contributed by atoms with Crippen molar-refractivity contribution < 1.29 is 4.79 Å². The van der Waals surface area contributed by atoms with E-state index in [1.165, 1.54) is 0 Å². The Bertz CT molecular complexity index is 332. The van der Waals surface area contributed by atoms with Gasteiger partial charge < -0.3 is 10.6 Å². The molecule has 0 spiro atoms. The Hall–Kier alpha value is -0.0100. The summed E-state index contributed by atoms with van der Waals surface area (Å²) in [6, 6.07) is 0.328. The van der Waals surface area contributed by atoms with Gasteiger partial charge in [0.25, 0.3) is 0 Å². The maximum atomic E-state index is 11.6. The topological polar surface area (TPSA) is 54.0 Å². The van der Waals surface area contributed by atoms with Crippen molar-refractivity contribution in [2.24, 2.45) is 0 Å². The van der Waals surface area contributed by atoms with Gasteiger partial charge in [-0.25, -0.2) is 4.98 Å². The fraction of sp³-hybridized carbons (Fsp3) is 0.600. The van der Waals surface area contributed by atoms with Crippen LogP contribution in [0.3, 0.4) is 0 Å². The summed E-state index contributed by atoms with van der Waals surface area (Å²) in [6.07, 6.45) is 0.567. The lowest BCUT2D eigenvalue weighted by atomic mass is 10.2. The molecule has 8 heteroatoms. The number of carbonyl (C=O) groups is 1. The lowest BCUT2D eigenvalue weighted by molar-refractivity contribution is -0.121. The average Bonchev–Trinajstić information content (AvgIpc) is 2.81. The number of carbonyl (C=O) groups excluding carboxylic acids is 1. The largest absolute Gasteiger partial charge is 0.350 e. The molecule has 2 rings (SSSR count). The number of nitrogens with zero attached hydrogens (tertiary/aromatic N) is 1. The van der Waals surface area contributed by atoms with Crippen LogP contribution < -0.4 is 10.6 Å². The summed E-state index contributed by atoms with van der Waals surface area (Å²) in [5.41, 5.74) is 2.71. The predicted molar refractivity (Wildman–Crippen MR) is 82.2 cm³/mol. The molecule has 1 aliphatic rings. The average molecular weight is 330 g/mol. The van der Waals surface area contributed by atoms with Crippen LogP contribution in [0.4, 0.5) is 0 Å². The van der Waals surface area contributed by atoms with Crippen LogP contribution in [0.25, 0.3) is 0 Å². The molecule has 1 aromatic heterocycles. The highest BCUT2D eigenvalue weighted by Crippen LogP contribution is 2.10. The van der Waals surface area contributed by atoms with E-state index in [-0.39, 0.29) is 30.7 Å². The van der Waals surface area contributed by atoms with E-state index in [1.807, 2.05) is 17.1 Å². The van der Waals surface area contributed by atoms with Crippen LogP contribution in [0.15, 0.2) is 10.9 Å². The van der Waals surface area contributed by atoms with Gasteiger partial charge in [0.1, 0.15) is 0 Å². The molecule has 1 aromatic rings. The van der Waals surface area contributed by atoms with Crippen LogP contribution in [0.2, 0.25) is 0 Å². The second-order valence-electron chi connectivity index (χ2n) is 3.69. The normalized spacial score (nSPS) is 18.3. The number of aromatic nitrogens is 1.